The van der Waals surface area contributed by atoms with Gasteiger partial charge in [-0.15, -0.1) is 0 Å². The Labute approximate surface area is 117 Å². The number of halogens is 1. The van der Waals surface area contributed by atoms with Gasteiger partial charge in [0.15, 0.2) is 0 Å². The van der Waals surface area contributed by atoms with Gasteiger partial charge in [-0.2, -0.15) is 0 Å². The van der Waals surface area contributed by atoms with Gasteiger partial charge < -0.3 is 4.74 Å². The predicted molar refractivity (Wildman–Crippen MR) is 75.5 cm³/mol. The van der Waals surface area contributed by atoms with Crippen LogP contribution in [0.5, 0.6) is 0 Å². The van der Waals surface area contributed by atoms with Crippen molar-refractivity contribution in [3.8, 4) is 0 Å². The van der Waals surface area contributed by atoms with Gasteiger partial charge in [-0.05, 0) is 51.3 Å². The zero-order chi connectivity index (χ0) is 13.4. The summed E-state index contributed by atoms with van der Waals surface area (Å²) >= 11 is 3.48. The molecular weight excluding hydrogens is 292 g/mol. The minimum absolute atomic E-state index is 0.0200. The van der Waals surface area contributed by atoms with E-state index in [1.54, 1.807) is 0 Å². The monoisotopic (exact) mass is 310 g/mol. The first-order valence-electron chi connectivity index (χ1n) is 6.29. The van der Waals surface area contributed by atoms with Crippen LogP contribution in [0.2, 0.25) is 0 Å². The lowest BCUT2D eigenvalue weighted by Gasteiger charge is -2.22. The molecule has 1 saturated carbocycles. The molecule has 0 heterocycles. The third kappa shape index (κ3) is 3.35. The minimum Gasteiger partial charge on any atom is -0.460 e. The molecule has 0 saturated heterocycles. The standard InChI is InChI=1S/C15H19BrO2/c1-14(2,3)18-13(17)10-15(7-8-15)11-5-4-6-12(16)9-11/h4-6,9H,7-8,10H2,1-3H3. The van der Waals surface area contributed by atoms with E-state index in [0.29, 0.717) is 6.42 Å². The van der Waals surface area contributed by atoms with Crippen molar-refractivity contribution in [1.29, 1.82) is 0 Å². The van der Waals surface area contributed by atoms with Crippen LogP contribution in [0.4, 0.5) is 0 Å². The average molecular weight is 311 g/mol. The van der Waals surface area contributed by atoms with E-state index in [4.69, 9.17) is 4.74 Å². The highest BCUT2D eigenvalue weighted by Gasteiger charge is 2.46. The van der Waals surface area contributed by atoms with E-state index in [1.807, 2.05) is 32.9 Å². The maximum Gasteiger partial charge on any atom is 0.307 e. The Morgan fingerprint density at radius 1 is 1.39 bits per heavy atom. The lowest BCUT2D eigenvalue weighted by Crippen LogP contribution is -2.26. The lowest BCUT2D eigenvalue weighted by atomic mass is 9.92. The molecule has 0 bridgehead atoms. The third-order valence-electron chi connectivity index (χ3n) is 3.19. The van der Waals surface area contributed by atoms with E-state index in [1.165, 1.54) is 5.56 Å². The first kappa shape index (κ1) is 13.6. The summed E-state index contributed by atoms with van der Waals surface area (Å²) in [6.45, 7) is 5.72. The fourth-order valence-electron chi connectivity index (χ4n) is 2.19. The summed E-state index contributed by atoms with van der Waals surface area (Å²) in [7, 11) is 0. The first-order valence-corrected chi connectivity index (χ1v) is 7.08. The molecule has 18 heavy (non-hydrogen) atoms. The van der Waals surface area contributed by atoms with E-state index in [2.05, 4.69) is 28.1 Å². The van der Waals surface area contributed by atoms with Crippen molar-refractivity contribution >= 4 is 21.9 Å². The van der Waals surface area contributed by atoms with E-state index in [-0.39, 0.29) is 11.4 Å². The number of carbonyl (C=O) groups excluding carboxylic acids is 1. The van der Waals surface area contributed by atoms with Gasteiger partial charge in [-0.25, -0.2) is 0 Å². The van der Waals surface area contributed by atoms with Crippen LogP contribution in [0.25, 0.3) is 0 Å². The number of hydrogen-bond acceptors (Lipinski definition) is 2. The summed E-state index contributed by atoms with van der Waals surface area (Å²) in [5, 5.41) is 0. The molecular formula is C15H19BrO2. The Hall–Kier alpha value is -0.830. The van der Waals surface area contributed by atoms with Crippen molar-refractivity contribution in [3.63, 3.8) is 0 Å². The molecule has 0 aliphatic heterocycles. The second-order valence-corrected chi connectivity index (χ2v) is 6.97. The normalized spacial score (nSPS) is 17.3. The van der Waals surface area contributed by atoms with Gasteiger partial charge in [-0.3, -0.25) is 4.79 Å². The van der Waals surface area contributed by atoms with Crippen LogP contribution >= 0.6 is 15.9 Å². The van der Waals surface area contributed by atoms with Gasteiger partial charge in [0.25, 0.3) is 0 Å². The van der Waals surface area contributed by atoms with Crippen LogP contribution in [-0.2, 0) is 14.9 Å². The van der Waals surface area contributed by atoms with Crippen LogP contribution in [0, 0.1) is 0 Å². The van der Waals surface area contributed by atoms with Gasteiger partial charge in [0, 0.05) is 9.89 Å². The van der Waals surface area contributed by atoms with Crippen molar-refractivity contribution in [2.24, 2.45) is 0 Å². The number of benzene rings is 1. The second-order valence-electron chi connectivity index (χ2n) is 6.05. The molecule has 0 unspecified atom stereocenters. The van der Waals surface area contributed by atoms with Crippen molar-refractivity contribution in [1.82, 2.24) is 0 Å². The van der Waals surface area contributed by atoms with Gasteiger partial charge >= 0.3 is 5.97 Å². The molecule has 0 atom stereocenters. The maximum atomic E-state index is 11.9. The summed E-state index contributed by atoms with van der Waals surface area (Å²) in [5.41, 5.74) is 0.860. The van der Waals surface area contributed by atoms with Crippen molar-refractivity contribution in [3.05, 3.63) is 34.3 Å². The van der Waals surface area contributed by atoms with E-state index in [0.717, 1.165) is 17.3 Å². The van der Waals surface area contributed by atoms with Crippen molar-refractivity contribution in [2.45, 2.75) is 51.0 Å². The largest absolute Gasteiger partial charge is 0.460 e. The number of carbonyl (C=O) groups is 1. The molecule has 98 valence electrons. The molecule has 2 rings (SSSR count). The van der Waals surface area contributed by atoms with Gasteiger partial charge in [0.1, 0.15) is 5.60 Å². The molecule has 2 nitrogen and oxygen atoms in total. The Balaban J connectivity index is 2.07. The quantitative estimate of drug-likeness (QED) is 0.782. The predicted octanol–water partition coefficient (Wildman–Crippen LogP) is 4.21. The molecule has 0 aromatic heterocycles. The van der Waals surface area contributed by atoms with Crippen LogP contribution in [0.1, 0.15) is 45.6 Å². The van der Waals surface area contributed by atoms with Crippen molar-refractivity contribution in [2.75, 3.05) is 0 Å². The fourth-order valence-corrected chi connectivity index (χ4v) is 2.59. The highest BCUT2D eigenvalue weighted by molar-refractivity contribution is 9.10. The fraction of sp³-hybridized carbons (Fsp3) is 0.533. The number of hydrogen-bond donors (Lipinski definition) is 0. The highest BCUT2D eigenvalue weighted by Crippen LogP contribution is 2.51. The molecule has 1 aliphatic carbocycles. The molecule has 1 aromatic carbocycles. The number of rotatable bonds is 3. The molecule has 1 fully saturated rings. The SMILES string of the molecule is CC(C)(C)OC(=O)CC1(c2cccc(Br)c2)CC1. The Morgan fingerprint density at radius 2 is 2.06 bits per heavy atom. The molecule has 3 heteroatoms. The van der Waals surface area contributed by atoms with Crippen molar-refractivity contribution < 1.29 is 9.53 Å². The third-order valence-corrected chi connectivity index (χ3v) is 3.69. The number of ether oxygens (including phenoxy) is 1. The topological polar surface area (TPSA) is 26.3 Å². The smallest absolute Gasteiger partial charge is 0.307 e. The van der Waals surface area contributed by atoms with Gasteiger partial charge in [-0.1, -0.05) is 28.1 Å². The van der Waals surface area contributed by atoms with Crippen LogP contribution in [-0.4, -0.2) is 11.6 Å². The average Bonchev–Trinajstić information content (AvgIpc) is 2.95. The van der Waals surface area contributed by atoms with E-state index < -0.39 is 5.60 Å². The van der Waals surface area contributed by atoms with Gasteiger partial charge in [0.2, 0.25) is 0 Å². The summed E-state index contributed by atoms with van der Waals surface area (Å²) < 4.78 is 6.48. The first-order chi connectivity index (χ1) is 8.31. The van der Waals surface area contributed by atoms with Gasteiger partial charge in [0.05, 0.1) is 6.42 Å². The summed E-state index contributed by atoms with van der Waals surface area (Å²) in [4.78, 5) is 11.9. The molecule has 1 aromatic rings. The van der Waals surface area contributed by atoms with E-state index >= 15 is 0 Å². The van der Waals surface area contributed by atoms with Crippen LogP contribution in [0.15, 0.2) is 28.7 Å². The zero-order valence-corrected chi connectivity index (χ0v) is 12.7. The summed E-state index contributed by atoms with van der Waals surface area (Å²) in [6.07, 6.45) is 2.63. The van der Waals surface area contributed by atoms with Crippen LogP contribution in [0.3, 0.4) is 0 Å². The van der Waals surface area contributed by atoms with E-state index in [9.17, 15) is 4.79 Å². The Kier molecular flexibility index (Phi) is 3.54. The summed E-state index contributed by atoms with van der Waals surface area (Å²) in [6, 6.07) is 8.24. The molecule has 0 spiro atoms. The molecule has 1 aliphatic rings. The molecule has 0 amide bonds. The second kappa shape index (κ2) is 4.69. The zero-order valence-electron chi connectivity index (χ0n) is 11.1. The van der Waals surface area contributed by atoms with Crippen LogP contribution < -0.4 is 0 Å². The highest BCUT2D eigenvalue weighted by atomic mass is 79.9. The molecule has 0 radical (unpaired) electrons. The minimum atomic E-state index is -0.398. The maximum absolute atomic E-state index is 11.9. The summed E-state index contributed by atoms with van der Waals surface area (Å²) in [5.74, 6) is -0.0972. The Bertz CT molecular complexity index is 456. The number of esters is 1. The lowest BCUT2D eigenvalue weighted by molar-refractivity contribution is -0.155. The molecule has 0 N–H and O–H groups in total. The Morgan fingerprint density at radius 3 is 2.56 bits per heavy atom.